The summed E-state index contributed by atoms with van der Waals surface area (Å²) in [4.78, 5) is 6.33. The van der Waals surface area contributed by atoms with Crippen LogP contribution in [0.5, 0.6) is 0 Å². The van der Waals surface area contributed by atoms with Crippen LogP contribution in [-0.2, 0) is 6.42 Å². The van der Waals surface area contributed by atoms with E-state index < -0.39 is 0 Å². The molecule has 0 aliphatic carbocycles. The van der Waals surface area contributed by atoms with Crippen molar-refractivity contribution in [2.75, 3.05) is 25.0 Å². The summed E-state index contributed by atoms with van der Waals surface area (Å²) in [5.41, 5.74) is 7.71. The third-order valence-corrected chi connectivity index (χ3v) is 2.89. The smallest absolute Gasteiger partial charge is 0.266 e. The number of hydrogen-bond acceptors (Lipinski definition) is 5. The second-order valence-corrected chi connectivity index (χ2v) is 4.11. The van der Waals surface area contributed by atoms with Gasteiger partial charge in [-0.1, -0.05) is 18.2 Å². The van der Waals surface area contributed by atoms with Crippen LogP contribution in [0.25, 0.3) is 11.5 Å². The average Bonchev–Trinajstić information content (AvgIpc) is 2.88. The predicted molar refractivity (Wildman–Crippen MR) is 71.4 cm³/mol. The number of rotatable bonds is 5. The molecule has 0 unspecified atom stereocenters. The minimum atomic E-state index is 0.550. The van der Waals surface area contributed by atoms with Gasteiger partial charge in [-0.25, -0.2) is 0 Å². The van der Waals surface area contributed by atoms with Crippen molar-refractivity contribution in [3.63, 3.8) is 0 Å². The summed E-state index contributed by atoms with van der Waals surface area (Å²) in [6, 6.07) is 7.97. The van der Waals surface area contributed by atoms with Crippen LogP contribution in [-0.4, -0.2) is 30.3 Å². The van der Waals surface area contributed by atoms with Gasteiger partial charge in [0.1, 0.15) is 0 Å². The van der Waals surface area contributed by atoms with Gasteiger partial charge in [-0.2, -0.15) is 4.98 Å². The van der Waals surface area contributed by atoms with Crippen molar-refractivity contribution in [3.05, 3.63) is 29.8 Å². The summed E-state index contributed by atoms with van der Waals surface area (Å²) >= 11 is 0. The highest BCUT2D eigenvalue weighted by atomic mass is 16.5. The normalized spacial score (nSPS) is 10.6. The molecule has 0 saturated heterocycles. The van der Waals surface area contributed by atoms with Gasteiger partial charge in [-0.05, 0) is 36.7 Å². The highest BCUT2D eigenvalue weighted by Crippen LogP contribution is 2.23. The van der Waals surface area contributed by atoms with E-state index in [1.165, 1.54) is 0 Å². The number of anilines is 1. The number of aromatic nitrogens is 2. The molecule has 0 fully saturated rings. The largest absolute Gasteiger partial charge is 0.342 e. The molecule has 0 radical (unpaired) electrons. The Morgan fingerprint density at radius 1 is 1.33 bits per heavy atom. The minimum absolute atomic E-state index is 0.550. The van der Waals surface area contributed by atoms with Gasteiger partial charge >= 0.3 is 0 Å². The van der Waals surface area contributed by atoms with E-state index in [0.29, 0.717) is 18.4 Å². The molecular weight excluding hydrogens is 228 g/mol. The second kappa shape index (κ2) is 5.64. The molecule has 2 N–H and O–H groups in total. The van der Waals surface area contributed by atoms with E-state index in [0.717, 1.165) is 24.1 Å². The lowest BCUT2D eigenvalue weighted by Gasteiger charge is -2.08. The molecule has 5 heteroatoms. The Morgan fingerprint density at radius 3 is 2.83 bits per heavy atom. The number of benzene rings is 1. The third-order valence-electron chi connectivity index (χ3n) is 2.89. The summed E-state index contributed by atoms with van der Waals surface area (Å²) in [6.07, 6.45) is 0.803. The SMILES string of the molecule is CCN(C)c1noc(-c2ccccc2CCN)n1. The molecule has 96 valence electrons. The summed E-state index contributed by atoms with van der Waals surface area (Å²) in [6.45, 7) is 3.48. The Kier molecular flexibility index (Phi) is 3.94. The van der Waals surface area contributed by atoms with Crippen LogP contribution in [0.3, 0.4) is 0 Å². The van der Waals surface area contributed by atoms with Crippen molar-refractivity contribution in [3.8, 4) is 11.5 Å². The van der Waals surface area contributed by atoms with Crippen molar-refractivity contribution in [2.45, 2.75) is 13.3 Å². The lowest BCUT2D eigenvalue weighted by Crippen LogP contribution is -2.17. The van der Waals surface area contributed by atoms with Crippen LogP contribution in [0.4, 0.5) is 5.95 Å². The first-order valence-corrected chi connectivity index (χ1v) is 6.09. The van der Waals surface area contributed by atoms with Gasteiger partial charge < -0.3 is 15.2 Å². The second-order valence-electron chi connectivity index (χ2n) is 4.11. The van der Waals surface area contributed by atoms with Gasteiger partial charge in [0.2, 0.25) is 0 Å². The van der Waals surface area contributed by atoms with Crippen molar-refractivity contribution >= 4 is 5.95 Å². The molecule has 5 nitrogen and oxygen atoms in total. The standard InChI is InChI=1S/C13H18N4O/c1-3-17(2)13-15-12(18-16-13)11-7-5-4-6-10(11)8-9-14/h4-7H,3,8-9,14H2,1-2H3. The van der Waals surface area contributed by atoms with Crippen molar-refractivity contribution < 1.29 is 4.52 Å². The maximum atomic E-state index is 5.61. The van der Waals surface area contributed by atoms with Gasteiger partial charge in [-0.15, -0.1) is 0 Å². The molecule has 0 spiro atoms. The Hall–Kier alpha value is -1.88. The molecule has 0 saturated carbocycles. The molecule has 2 rings (SSSR count). The molecule has 1 heterocycles. The Morgan fingerprint density at radius 2 is 2.11 bits per heavy atom. The predicted octanol–water partition coefficient (Wildman–Crippen LogP) is 1.69. The first-order valence-electron chi connectivity index (χ1n) is 6.09. The molecule has 0 aliphatic rings. The van der Waals surface area contributed by atoms with Crippen LogP contribution < -0.4 is 10.6 Å². The van der Waals surface area contributed by atoms with Gasteiger partial charge in [0.25, 0.3) is 11.8 Å². The third kappa shape index (κ3) is 2.51. The van der Waals surface area contributed by atoms with Gasteiger partial charge in [0, 0.05) is 19.2 Å². The lowest BCUT2D eigenvalue weighted by atomic mass is 10.0. The maximum absolute atomic E-state index is 5.61. The Balaban J connectivity index is 2.33. The van der Waals surface area contributed by atoms with Gasteiger partial charge in [0.05, 0.1) is 0 Å². The van der Waals surface area contributed by atoms with E-state index >= 15 is 0 Å². The van der Waals surface area contributed by atoms with Crippen LogP contribution in [0.15, 0.2) is 28.8 Å². The molecule has 0 atom stereocenters. The van der Waals surface area contributed by atoms with E-state index in [9.17, 15) is 0 Å². The first-order chi connectivity index (χ1) is 8.76. The fourth-order valence-electron chi connectivity index (χ4n) is 1.72. The summed E-state index contributed by atoms with van der Waals surface area (Å²) < 4.78 is 5.32. The lowest BCUT2D eigenvalue weighted by molar-refractivity contribution is 0.430. The van der Waals surface area contributed by atoms with Crippen LogP contribution in [0, 0.1) is 0 Å². The van der Waals surface area contributed by atoms with E-state index in [2.05, 4.69) is 10.1 Å². The summed E-state index contributed by atoms with van der Waals surface area (Å²) in [5.74, 6) is 1.16. The molecule has 0 amide bonds. The molecular formula is C13H18N4O. The molecule has 0 aliphatic heterocycles. The first kappa shape index (κ1) is 12.6. The molecule has 1 aromatic heterocycles. The fraction of sp³-hybridized carbons (Fsp3) is 0.385. The number of hydrogen-bond donors (Lipinski definition) is 1. The monoisotopic (exact) mass is 246 g/mol. The van der Waals surface area contributed by atoms with Gasteiger partial charge in [-0.3, -0.25) is 0 Å². The van der Waals surface area contributed by atoms with E-state index in [-0.39, 0.29) is 0 Å². The zero-order valence-corrected chi connectivity index (χ0v) is 10.8. The molecule has 18 heavy (non-hydrogen) atoms. The zero-order valence-electron chi connectivity index (χ0n) is 10.8. The fourth-order valence-corrected chi connectivity index (χ4v) is 1.72. The van der Waals surface area contributed by atoms with Crippen LogP contribution in [0.1, 0.15) is 12.5 Å². The molecule has 2 aromatic rings. The summed E-state index contributed by atoms with van der Waals surface area (Å²) in [5, 5.41) is 3.97. The minimum Gasteiger partial charge on any atom is -0.342 e. The zero-order chi connectivity index (χ0) is 13.0. The molecule has 1 aromatic carbocycles. The topological polar surface area (TPSA) is 68.2 Å². The maximum Gasteiger partial charge on any atom is 0.266 e. The van der Waals surface area contributed by atoms with Crippen LogP contribution in [0.2, 0.25) is 0 Å². The van der Waals surface area contributed by atoms with E-state index in [1.807, 2.05) is 43.1 Å². The van der Waals surface area contributed by atoms with E-state index in [1.54, 1.807) is 0 Å². The Bertz CT molecular complexity index is 509. The van der Waals surface area contributed by atoms with E-state index in [4.69, 9.17) is 10.3 Å². The number of nitrogens with two attached hydrogens (primary N) is 1. The van der Waals surface area contributed by atoms with Crippen molar-refractivity contribution in [2.24, 2.45) is 5.73 Å². The quantitative estimate of drug-likeness (QED) is 0.869. The highest BCUT2D eigenvalue weighted by Gasteiger charge is 2.13. The van der Waals surface area contributed by atoms with Crippen molar-refractivity contribution in [1.29, 1.82) is 0 Å². The molecule has 0 bridgehead atoms. The highest BCUT2D eigenvalue weighted by molar-refractivity contribution is 5.59. The summed E-state index contributed by atoms with van der Waals surface area (Å²) in [7, 11) is 1.93. The Labute approximate surface area is 107 Å². The average molecular weight is 246 g/mol. The number of nitrogens with zero attached hydrogens (tertiary/aromatic N) is 3. The van der Waals surface area contributed by atoms with Crippen LogP contribution >= 0.6 is 0 Å². The van der Waals surface area contributed by atoms with Gasteiger partial charge in [0.15, 0.2) is 0 Å². The van der Waals surface area contributed by atoms with Crippen molar-refractivity contribution in [1.82, 2.24) is 10.1 Å².